The number of amides is 1. The van der Waals surface area contributed by atoms with Gasteiger partial charge in [0.15, 0.2) is 0 Å². The van der Waals surface area contributed by atoms with Crippen LogP contribution in [-0.2, 0) is 16.0 Å². The number of rotatable bonds is 10. The zero-order valence-corrected chi connectivity index (χ0v) is 16.8. The summed E-state index contributed by atoms with van der Waals surface area (Å²) in [6, 6.07) is 8.03. The average Bonchev–Trinajstić information content (AvgIpc) is 2.65. The summed E-state index contributed by atoms with van der Waals surface area (Å²) in [5.41, 5.74) is 1.24. The summed E-state index contributed by atoms with van der Waals surface area (Å²) in [7, 11) is 1.74. The SMILES string of the molecule is CCCOc1ccc(CCC(=O)NCC2(COC)CCNCC2)cc1.Cl. The zero-order valence-electron chi connectivity index (χ0n) is 16.0. The molecule has 5 nitrogen and oxygen atoms in total. The second-order valence-electron chi connectivity index (χ2n) is 6.95. The molecule has 0 saturated carbocycles. The van der Waals surface area contributed by atoms with E-state index >= 15 is 0 Å². The molecule has 0 atom stereocenters. The van der Waals surface area contributed by atoms with Gasteiger partial charge in [-0.25, -0.2) is 0 Å². The minimum absolute atomic E-state index is 0. The van der Waals surface area contributed by atoms with E-state index in [9.17, 15) is 4.79 Å². The van der Waals surface area contributed by atoms with Crippen LogP contribution in [0.2, 0.25) is 0 Å². The highest BCUT2D eigenvalue weighted by Gasteiger charge is 2.32. The van der Waals surface area contributed by atoms with Gasteiger partial charge in [0, 0.05) is 25.5 Å². The predicted molar refractivity (Wildman–Crippen MR) is 107 cm³/mol. The Morgan fingerprint density at radius 3 is 2.54 bits per heavy atom. The van der Waals surface area contributed by atoms with Crippen molar-refractivity contribution in [2.75, 3.05) is 40.0 Å². The van der Waals surface area contributed by atoms with Crippen molar-refractivity contribution in [1.82, 2.24) is 10.6 Å². The first-order valence-corrected chi connectivity index (χ1v) is 9.35. The van der Waals surface area contributed by atoms with E-state index in [4.69, 9.17) is 9.47 Å². The molecule has 26 heavy (non-hydrogen) atoms. The Morgan fingerprint density at radius 1 is 1.23 bits per heavy atom. The number of aryl methyl sites for hydroxylation is 1. The molecule has 1 saturated heterocycles. The van der Waals surface area contributed by atoms with Crippen LogP contribution in [0.1, 0.15) is 38.2 Å². The van der Waals surface area contributed by atoms with E-state index in [1.54, 1.807) is 7.11 Å². The highest BCUT2D eigenvalue weighted by molar-refractivity contribution is 5.85. The van der Waals surface area contributed by atoms with Gasteiger partial charge in [0.25, 0.3) is 0 Å². The molecule has 2 N–H and O–H groups in total. The maximum absolute atomic E-state index is 12.2. The summed E-state index contributed by atoms with van der Waals surface area (Å²) in [5.74, 6) is 1.00. The number of benzene rings is 1. The van der Waals surface area contributed by atoms with Gasteiger partial charge in [0.1, 0.15) is 5.75 Å². The fraction of sp³-hybridized carbons (Fsp3) is 0.650. The highest BCUT2D eigenvalue weighted by Crippen LogP contribution is 2.28. The molecule has 0 aliphatic carbocycles. The third-order valence-electron chi connectivity index (χ3n) is 4.81. The normalized spacial score (nSPS) is 15.8. The standard InChI is InChI=1S/C20H32N2O3.ClH/c1-3-14-25-18-7-4-17(5-8-18)6-9-19(23)22-15-20(16-24-2)10-12-21-13-11-20;/h4-5,7-8,21H,3,6,9-16H2,1-2H3,(H,22,23);1H. The van der Waals surface area contributed by atoms with Gasteiger partial charge in [-0.3, -0.25) is 4.79 Å². The molecule has 1 fully saturated rings. The van der Waals surface area contributed by atoms with Crippen LogP contribution in [0.4, 0.5) is 0 Å². The summed E-state index contributed by atoms with van der Waals surface area (Å²) >= 11 is 0. The Bertz CT molecular complexity index is 511. The highest BCUT2D eigenvalue weighted by atomic mass is 35.5. The number of halogens is 1. The lowest BCUT2D eigenvalue weighted by atomic mass is 9.79. The van der Waals surface area contributed by atoms with E-state index in [-0.39, 0.29) is 23.7 Å². The van der Waals surface area contributed by atoms with Gasteiger partial charge in [-0.2, -0.15) is 0 Å². The molecule has 1 aromatic carbocycles. The van der Waals surface area contributed by atoms with E-state index in [1.165, 1.54) is 0 Å². The number of ether oxygens (including phenoxy) is 2. The largest absolute Gasteiger partial charge is 0.494 e. The molecule has 0 bridgehead atoms. The van der Waals surface area contributed by atoms with Gasteiger partial charge in [0.2, 0.25) is 5.91 Å². The summed E-state index contributed by atoms with van der Waals surface area (Å²) in [4.78, 5) is 12.2. The quantitative estimate of drug-likeness (QED) is 0.651. The monoisotopic (exact) mass is 384 g/mol. The first kappa shape index (κ1) is 22.7. The van der Waals surface area contributed by atoms with Crippen molar-refractivity contribution in [1.29, 1.82) is 0 Å². The second kappa shape index (κ2) is 12.2. The number of carbonyl (C=O) groups is 1. The van der Waals surface area contributed by atoms with Crippen LogP contribution in [0.15, 0.2) is 24.3 Å². The van der Waals surface area contributed by atoms with E-state index in [0.29, 0.717) is 19.6 Å². The molecule has 1 aliphatic rings. The minimum Gasteiger partial charge on any atom is -0.494 e. The van der Waals surface area contributed by atoms with Crippen LogP contribution < -0.4 is 15.4 Å². The summed E-state index contributed by atoms with van der Waals surface area (Å²) in [6.07, 6.45) is 4.35. The lowest BCUT2D eigenvalue weighted by molar-refractivity contribution is -0.122. The van der Waals surface area contributed by atoms with Gasteiger partial charge in [-0.15, -0.1) is 12.4 Å². The van der Waals surface area contributed by atoms with Crippen molar-refractivity contribution in [2.24, 2.45) is 5.41 Å². The molecule has 6 heteroatoms. The maximum Gasteiger partial charge on any atom is 0.220 e. The number of hydrogen-bond acceptors (Lipinski definition) is 4. The predicted octanol–water partition coefficient (Wildman–Crippen LogP) is 2.96. The fourth-order valence-corrected chi connectivity index (χ4v) is 3.24. The summed E-state index contributed by atoms with van der Waals surface area (Å²) in [5, 5.41) is 6.49. The Kier molecular flexibility index (Phi) is 10.6. The molecule has 1 heterocycles. The molecule has 1 aromatic rings. The number of methoxy groups -OCH3 is 1. The van der Waals surface area contributed by atoms with Gasteiger partial charge in [0.05, 0.1) is 13.2 Å². The number of carbonyl (C=O) groups excluding carboxylic acids is 1. The number of hydrogen-bond donors (Lipinski definition) is 2. The van der Waals surface area contributed by atoms with Crippen molar-refractivity contribution < 1.29 is 14.3 Å². The van der Waals surface area contributed by atoms with Gasteiger partial charge in [-0.1, -0.05) is 19.1 Å². The Morgan fingerprint density at radius 2 is 1.92 bits per heavy atom. The number of piperidine rings is 1. The Balaban J connectivity index is 0.00000338. The average molecular weight is 385 g/mol. The molecule has 0 aromatic heterocycles. The molecular weight excluding hydrogens is 352 g/mol. The Hall–Kier alpha value is -1.30. The van der Waals surface area contributed by atoms with Crippen molar-refractivity contribution in [2.45, 2.75) is 39.0 Å². The molecule has 0 spiro atoms. The summed E-state index contributed by atoms with van der Waals surface area (Å²) in [6.45, 7) is 6.21. The molecule has 2 rings (SSSR count). The molecule has 1 aliphatic heterocycles. The minimum atomic E-state index is 0. The topological polar surface area (TPSA) is 59.6 Å². The smallest absolute Gasteiger partial charge is 0.220 e. The molecule has 0 radical (unpaired) electrons. The van der Waals surface area contributed by atoms with Gasteiger partial charge in [-0.05, 0) is 56.5 Å². The van der Waals surface area contributed by atoms with Gasteiger partial charge >= 0.3 is 0 Å². The van der Waals surface area contributed by atoms with E-state index < -0.39 is 0 Å². The molecule has 1 amide bonds. The second-order valence-corrected chi connectivity index (χ2v) is 6.95. The fourth-order valence-electron chi connectivity index (χ4n) is 3.24. The lowest BCUT2D eigenvalue weighted by Crippen LogP contribution is -2.47. The zero-order chi connectivity index (χ0) is 18.0. The van der Waals surface area contributed by atoms with Crippen LogP contribution in [0.5, 0.6) is 5.75 Å². The molecule has 0 unspecified atom stereocenters. The first-order valence-electron chi connectivity index (χ1n) is 9.35. The van der Waals surface area contributed by atoms with Gasteiger partial charge < -0.3 is 20.1 Å². The van der Waals surface area contributed by atoms with Crippen LogP contribution in [0, 0.1) is 5.41 Å². The third kappa shape index (κ3) is 7.52. The first-order chi connectivity index (χ1) is 12.2. The van der Waals surface area contributed by atoms with Crippen LogP contribution in [-0.4, -0.2) is 45.9 Å². The molecule has 148 valence electrons. The lowest BCUT2D eigenvalue weighted by Gasteiger charge is -2.37. The van der Waals surface area contributed by atoms with Crippen LogP contribution in [0.3, 0.4) is 0 Å². The van der Waals surface area contributed by atoms with E-state index in [2.05, 4.69) is 17.6 Å². The van der Waals surface area contributed by atoms with E-state index in [1.807, 2.05) is 24.3 Å². The summed E-state index contributed by atoms with van der Waals surface area (Å²) < 4.78 is 11.0. The Labute approximate surface area is 163 Å². The van der Waals surface area contributed by atoms with Crippen molar-refractivity contribution >= 4 is 18.3 Å². The van der Waals surface area contributed by atoms with Crippen LogP contribution in [0.25, 0.3) is 0 Å². The maximum atomic E-state index is 12.2. The van der Waals surface area contributed by atoms with Crippen molar-refractivity contribution in [3.8, 4) is 5.75 Å². The van der Waals surface area contributed by atoms with Crippen LogP contribution >= 0.6 is 12.4 Å². The van der Waals surface area contributed by atoms with Crippen molar-refractivity contribution in [3.05, 3.63) is 29.8 Å². The van der Waals surface area contributed by atoms with E-state index in [0.717, 1.165) is 56.7 Å². The number of nitrogens with one attached hydrogen (secondary N) is 2. The van der Waals surface area contributed by atoms with Crippen molar-refractivity contribution in [3.63, 3.8) is 0 Å². The third-order valence-corrected chi connectivity index (χ3v) is 4.81. The molecular formula is C20H33ClN2O3.